The predicted molar refractivity (Wildman–Crippen MR) is 46.4 cm³/mol. The quantitative estimate of drug-likeness (QED) is 0.438. The first-order chi connectivity index (χ1) is 4.56. The molecule has 0 aliphatic heterocycles. The van der Waals surface area contributed by atoms with Crippen LogP contribution in [0.15, 0.2) is 0 Å². The number of carbonyl (C=O) groups is 1. The standard InChI is InChI=1S/2C2H7N.C2H4O2.H2O/c2*1-2-3;1-2(3)4;/h2*2-3H2,1H3;1H3,(H,3,4);1H2. The van der Waals surface area contributed by atoms with Crippen LogP contribution >= 0.6 is 0 Å². The largest absolute Gasteiger partial charge is 0.481 e. The molecule has 0 aromatic heterocycles. The second-order valence-electron chi connectivity index (χ2n) is 1.34. The molecule has 0 aromatic carbocycles. The summed E-state index contributed by atoms with van der Waals surface area (Å²) in [6.07, 6.45) is 0. The Morgan fingerprint density at radius 2 is 1.27 bits per heavy atom. The molecule has 0 amide bonds. The van der Waals surface area contributed by atoms with Crippen LogP contribution in [0.1, 0.15) is 20.8 Å². The van der Waals surface area contributed by atoms with Gasteiger partial charge in [0.05, 0.1) is 0 Å². The van der Waals surface area contributed by atoms with E-state index in [9.17, 15) is 0 Å². The average Bonchev–Trinajstić information content (AvgIpc) is 1.65. The topological polar surface area (TPSA) is 121 Å². The van der Waals surface area contributed by atoms with Gasteiger partial charge in [-0.2, -0.15) is 0 Å². The smallest absolute Gasteiger partial charge is 0.300 e. The molecule has 5 heteroatoms. The molecule has 0 saturated carbocycles. The Hall–Kier alpha value is -0.650. The molecule has 0 rings (SSSR count). The first-order valence-electron chi connectivity index (χ1n) is 3.16. The van der Waals surface area contributed by atoms with E-state index in [1.165, 1.54) is 0 Å². The molecule has 0 aromatic rings. The maximum absolute atomic E-state index is 9.00. The Morgan fingerprint density at radius 1 is 1.27 bits per heavy atom. The molecule has 0 aliphatic carbocycles. The molecule has 0 heterocycles. The summed E-state index contributed by atoms with van der Waals surface area (Å²) in [6, 6.07) is 0. The molecule has 0 radical (unpaired) electrons. The number of nitrogens with two attached hydrogens (primary N) is 2. The first-order valence-corrected chi connectivity index (χ1v) is 3.16. The van der Waals surface area contributed by atoms with Crippen LogP contribution in [0.25, 0.3) is 0 Å². The van der Waals surface area contributed by atoms with E-state index in [1.54, 1.807) is 0 Å². The van der Waals surface area contributed by atoms with Crippen molar-refractivity contribution in [3.05, 3.63) is 0 Å². The van der Waals surface area contributed by atoms with Crippen molar-refractivity contribution >= 4 is 5.97 Å². The van der Waals surface area contributed by atoms with Crippen LogP contribution in [0.2, 0.25) is 0 Å². The number of hydrogen-bond acceptors (Lipinski definition) is 3. The Kier molecular flexibility index (Phi) is 70.3. The molecule has 0 atom stereocenters. The van der Waals surface area contributed by atoms with Gasteiger partial charge in [-0.15, -0.1) is 0 Å². The minimum absolute atomic E-state index is 0. The molecule has 0 bridgehead atoms. The van der Waals surface area contributed by atoms with Gasteiger partial charge in [-0.05, 0) is 13.1 Å². The monoisotopic (exact) mass is 168 g/mol. The van der Waals surface area contributed by atoms with Crippen molar-refractivity contribution in [2.75, 3.05) is 13.1 Å². The van der Waals surface area contributed by atoms with Crippen molar-refractivity contribution < 1.29 is 15.4 Å². The Morgan fingerprint density at radius 3 is 1.27 bits per heavy atom. The zero-order chi connectivity index (χ0) is 8.99. The number of carboxylic acids is 1. The fourth-order valence-electron chi connectivity index (χ4n) is 0. The van der Waals surface area contributed by atoms with Gasteiger partial charge in [-0.25, -0.2) is 0 Å². The van der Waals surface area contributed by atoms with E-state index in [0.29, 0.717) is 0 Å². The molecule has 0 fully saturated rings. The Balaban J connectivity index is -0.0000000325. The van der Waals surface area contributed by atoms with Gasteiger partial charge in [0, 0.05) is 6.92 Å². The van der Waals surface area contributed by atoms with Crippen molar-refractivity contribution in [1.82, 2.24) is 0 Å². The van der Waals surface area contributed by atoms with Gasteiger partial charge in [0.25, 0.3) is 5.97 Å². The third-order valence-electron chi connectivity index (χ3n) is 0. The fourth-order valence-corrected chi connectivity index (χ4v) is 0. The van der Waals surface area contributed by atoms with Gasteiger partial charge in [0.15, 0.2) is 0 Å². The lowest BCUT2D eigenvalue weighted by atomic mass is 10.8. The van der Waals surface area contributed by atoms with E-state index < -0.39 is 5.97 Å². The van der Waals surface area contributed by atoms with Crippen LogP contribution in [0.3, 0.4) is 0 Å². The van der Waals surface area contributed by atoms with Crippen molar-refractivity contribution in [1.29, 1.82) is 0 Å². The van der Waals surface area contributed by atoms with Crippen LogP contribution < -0.4 is 11.5 Å². The van der Waals surface area contributed by atoms with E-state index in [1.807, 2.05) is 13.8 Å². The van der Waals surface area contributed by atoms with Gasteiger partial charge in [-0.1, -0.05) is 13.8 Å². The Labute approximate surface area is 67.7 Å². The maximum atomic E-state index is 9.00. The van der Waals surface area contributed by atoms with Crippen molar-refractivity contribution in [2.24, 2.45) is 11.5 Å². The zero-order valence-corrected chi connectivity index (χ0v) is 7.42. The minimum atomic E-state index is -0.833. The summed E-state index contributed by atoms with van der Waals surface area (Å²) in [5.74, 6) is -0.833. The zero-order valence-electron chi connectivity index (χ0n) is 7.42. The average molecular weight is 168 g/mol. The van der Waals surface area contributed by atoms with Crippen molar-refractivity contribution in [3.63, 3.8) is 0 Å². The SMILES string of the molecule is CC(=O)O.CCN.CCN.O. The van der Waals surface area contributed by atoms with Crippen LogP contribution in [-0.2, 0) is 4.79 Å². The van der Waals surface area contributed by atoms with E-state index in [-0.39, 0.29) is 5.48 Å². The minimum Gasteiger partial charge on any atom is -0.481 e. The molecule has 0 spiro atoms. The summed E-state index contributed by atoms with van der Waals surface area (Å²) in [5.41, 5.74) is 9.69. The number of carboxylic acid groups (broad SMARTS) is 1. The Bertz CT molecular complexity index is 53.8. The third kappa shape index (κ3) is 1200. The summed E-state index contributed by atoms with van der Waals surface area (Å²) in [6.45, 7) is 6.39. The lowest BCUT2D eigenvalue weighted by Crippen LogP contribution is -1.87. The number of rotatable bonds is 0. The van der Waals surface area contributed by atoms with E-state index >= 15 is 0 Å². The number of hydrogen-bond donors (Lipinski definition) is 3. The van der Waals surface area contributed by atoms with Crippen LogP contribution in [0.5, 0.6) is 0 Å². The highest BCUT2D eigenvalue weighted by Crippen LogP contribution is 1.42. The summed E-state index contributed by atoms with van der Waals surface area (Å²) < 4.78 is 0. The predicted octanol–water partition coefficient (Wildman–Crippen LogP) is -0.804. The molecular formula is C6H20N2O3. The highest BCUT2D eigenvalue weighted by Gasteiger charge is 1.65. The second kappa shape index (κ2) is 34.5. The highest BCUT2D eigenvalue weighted by atomic mass is 16.4. The van der Waals surface area contributed by atoms with Gasteiger partial charge >= 0.3 is 0 Å². The van der Waals surface area contributed by atoms with Crippen LogP contribution in [-0.4, -0.2) is 29.6 Å². The van der Waals surface area contributed by atoms with Crippen LogP contribution in [0, 0.1) is 0 Å². The third-order valence-corrected chi connectivity index (χ3v) is 0. The molecule has 0 unspecified atom stereocenters. The normalized spacial score (nSPS) is 5.55. The lowest BCUT2D eigenvalue weighted by Gasteiger charge is -1.59. The van der Waals surface area contributed by atoms with E-state index in [0.717, 1.165) is 20.0 Å². The molecule has 7 N–H and O–H groups in total. The fraction of sp³-hybridized carbons (Fsp3) is 0.833. The first kappa shape index (κ1) is 22.4. The van der Waals surface area contributed by atoms with E-state index in [2.05, 4.69) is 0 Å². The van der Waals surface area contributed by atoms with Crippen molar-refractivity contribution in [2.45, 2.75) is 20.8 Å². The summed E-state index contributed by atoms with van der Waals surface area (Å²) in [7, 11) is 0. The maximum Gasteiger partial charge on any atom is 0.300 e. The second-order valence-corrected chi connectivity index (χ2v) is 1.34. The molecule has 0 saturated heterocycles. The number of aliphatic carboxylic acids is 1. The van der Waals surface area contributed by atoms with Gasteiger partial charge < -0.3 is 22.1 Å². The van der Waals surface area contributed by atoms with E-state index in [4.69, 9.17) is 21.4 Å². The highest BCUT2D eigenvalue weighted by molar-refractivity contribution is 5.62. The molecule has 11 heavy (non-hydrogen) atoms. The van der Waals surface area contributed by atoms with Gasteiger partial charge in [0.1, 0.15) is 0 Å². The summed E-state index contributed by atoms with van der Waals surface area (Å²) in [5, 5.41) is 7.42. The molecule has 5 nitrogen and oxygen atoms in total. The van der Waals surface area contributed by atoms with Gasteiger partial charge in [0.2, 0.25) is 0 Å². The molecular weight excluding hydrogens is 148 g/mol. The molecule has 72 valence electrons. The summed E-state index contributed by atoms with van der Waals surface area (Å²) in [4.78, 5) is 9.00. The van der Waals surface area contributed by atoms with Crippen LogP contribution in [0.4, 0.5) is 0 Å². The summed E-state index contributed by atoms with van der Waals surface area (Å²) >= 11 is 0. The molecule has 0 aliphatic rings. The van der Waals surface area contributed by atoms with Gasteiger partial charge in [-0.3, -0.25) is 4.79 Å². The lowest BCUT2D eigenvalue weighted by molar-refractivity contribution is -0.134. The van der Waals surface area contributed by atoms with Crippen molar-refractivity contribution in [3.8, 4) is 0 Å².